The molecule has 40 heavy (non-hydrogen) atoms. The topological polar surface area (TPSA) is 147 Å². The number of pyridine rings is 1. The summed E-state index contributed by atoms with van der Waals surface area (Å²) in [7, 11) is 0. The number of amides is 1. The van der Waals surface area contributed by atoms with Gasteiger partial charge in [-0.1, -0.05) is 31.5 Å². The molecule has 0 radical (unpaired) electrons. The van der Waals surface area contributed by atoms with Crippen LogP contribution in [0, 0.1) is 11.7 Å². The Balaban J connectivity index is 1.20. The molecule has 4 atom stereocenters. The number of nitrogens with one attached hydrogen (secondary N) is 1. The molecule has 2 aliphatic rings. The Kier molecular flexibility index (Phi) is 8.03. The molecule has 0 aliphatic carbocycles. The van der Waals surface area contributed by atoms with E-state index in [1.807, 2.05) is 13.8 Å². The lowest BCUT2D eigenvalue weighted by Crippen LogP contribution is -2.39. The van der Waals surface area contributed by atoms with E-state index in [1.165, 1.54) is 11.0 Å². The molecule has 0 saturated carbocycles. The third-order valence-electron chi connectivity index (χ3n) is 6.94. The number of carbonyl (C=O) groups excluding carboxylic acids is 2. The Labute approximate surface area is 229 Å². The van der Waals surface area contributed by atoms with Crippen molar-refractivity contribution >= 4 is 23.4 Å². The molecule has 0 unspecified atom stereocenters. The second-order valence-electron chi connectivity index (χ2n) is 9.72. The highest BCUT2D eigenvalue weighted by molar-refractivity contribution is 5.90. The lowest BCUT2D eigenvalue weighted by atomic mass is 10.0. The number of nitrogens with zero attached hydrogens (tertiary/aromatic N) is 5. The Hall–Kier alpha value is -4.36. The summed E-state index contributed by atoms with van der Waals surface area (Å²) < 4.78 is 27.4. The van der Waals surface area contributed by atoms with Gasteiger partial charge in [-0.05, 0) is 36.3 Å². The third-order valence-corrected chi connectivity index (χ3v) is 6.94. The number of cyclic esters (lactones) is 1. The quantitative estimate of drug-likeness (QED) is 0.361. The second-order valence-corrected chi connectivity index (χ2v) is 9.72. The van der Waals surface area contributed by atoms with Gasteiger partial charge in [0.25, 0.3) is 0 Å². The number of nitrogens with two attached hydrogens (primary N) is 1. The van der Waals surface area contributed by atoms with Gasteiger partial charge in [0, 0.05) is 23.5 Å². The number of hydrogen-bond donors (Lipinski definition) is 2. The van der Waals surface area contributed by atoms with Crippen LogP contribution in [0.5, 0.6) is 0 Å². The standard InChI is InChI=1S/C27H30FN7O5/c1-3-16(2)25(29)26(36)38-15-19-11-24(32-40-19)23-7-4-17(12-30-23)21-6-5-18(10-22(21)28)35-14-20(39-27(35)37)13-34-9-8-31-33-34/h4-12,16,19-20,25,32H,3,13-15,29H2,1-2H3/t16-,19-,20-,25-/m0/s1. The van der Waals surface area contributed by atoms with Crippen molar-refractivity contribution in [1.82, 2.24) is 25.5 Å². The summed E-state index contributed by atoms with van der Waals surface area (Å²) in [6.07, 6.45) is 5.83. The average molecular weight is 552 g/mol. The fourth-order valence-corrected chi connectivity index (χ4v) is 4.34. The first kappa shape index (κ1) is 27.2. The maximum Gasteiger partial charge on any atom is 0.414 e. The van der Waals surface area contributed by atoms with Crippen molar-refractivity contribution < 1.29 is 28.3 Å². The molecule has 12 nitrogen and oxygen atoms in total. The van der Waals surface area contributed by atoms with E-state index in [4.69, 9.17) is 20.0 Å². The molecule has 1 amide bonds. The van der Waals surface area contributed by atoms with Crippen molar-refractivity contribution in [2.24, 2.45) is 11.7 Å². The normalized spacial score (nSPS) is 20.1. The lowest BCUT2D eigenvalue weighted by Gasteiger charge is -2.17. The predicted octanol–water partition coefficient (Wildman–Crippen LogP) is 2.67. The van der Waals surface area contributed by atoms with Crippen molar-refractivity contribution in [3.8, 4) is 11.1 Å². The van der Waals surface area contributed by atoms with Gasteiger partial charge >= 0.3 is 12.1 Å². The van der Waals surface area contributed by atoms with Gasteiger partial charge in [0.15, 0.2) is 0 Å². The van der Waals surface area contributed by atoms with Crippen molar-refractivity contribution in [2.45, 2.75) is 45.1 Å². The number of esters is 1. The highest BCUT2D eigenvalue weighted by Crippen LogP contribution is 2.30. The zero-order chi connectivity index (χ0) is 28.2. The molecular formula is C27H30FN7O5. The first-order chi connectivity index (χ1) is 19.3. The van der Waals surface area contributed by atoms with Gasteiger partial charge in [0.2, 0.25) is 0 Å². The highest BCUT2D eigenvalue weighted by Gasteiger charge is 2.33. The molecule has 3 aromatic rings. The molecule has 3 N–H and O–H groups in total. The molecule has 0 spiro atoms. The SMILES string of the molecule is CC[C@H](C)[C@H](N)C(=O)OC[C@@H]1C=C(c2ccc(-c3ccc(N4C[C@H](Cn5ccnn5)OC4=O)cc3F)cn2)NO1. The number of hydroxylamine groups is 1. The number of aromatic nitrogens is 4. The van der Waals surface area contributed by atoms with Crippen molar-refractivity contribution in [3.63, 3.8) is 0 Å². The molecule has 2 aromatic heterocycles. The Morgan fingerprint density at radius 2 is 2.17 bits per heavy atom. The first-order valence-electron chi connectivity index (χ1n) is 13.0. The summed E-state index contributed by atoms with van der Waals surface area (Å²) in [5.41, 5.74) is 11.2. The van der Waals surface area contributed by atoms with Crippen LogP contribution in [-0.4, -0.2) is 63.4 Å². The van der Waals surface area contributed by atoms with Crippen molar-refractivity contribution in [1.29, 1.82) is 0 Å². The van der Waals surface area contributed by atoms with E-state index in [2.05, 4.69) is 20.8 Å². The summed E-state index contributed by atoms with van der Waals surface area (Å²) in [5, 5.41) is 7.62. The fraction of sp³-hybridized carbons (Fsp3) is 0.370. The van der Waals surface area contributed by atoms with Crippen LogP contribution in [0.1, 0.15) is 26.0 Å². The number of ether oxygens (including phenoxy) is 2. The van der Waals surface area contributed by atoms with Crippen molar-refractivity contribution in [3.05, 3.63) is 66.5 Å². The maximum absolute atomic E-state index is 15.1. The van der Waals surface area contributed by atoms with Crippen LogP contribution in [0.15, 0.2) is 55.0 Å². The fourth-order valence-electron chi connectivity index (χ4n) is 4.34. The zero-order valence-corrected chi connectivity index (χ0v) is 22.1. The second kappa shape index (κ2) is 11.8. The molecule has 13 heteroatoms. The van der Waals surface area contributed by atoms with E-state index in [1.54, 1.807) is 53.6 Å². The molecule has 1 saturated heterocycles. The molecule has 5 rings (SSSR count). The number of carbonyl (C=O) groups is 2. The van der Waals surface area contributed by atoms with Gasteiger partial charge < -0.3 is 15.2 Å². The number of benzene rings is 1. The molecule has 2 aliphatic heterocycles. The minimum absolute atomic E-state index is 0.0147. The monoisotopic (exact) mass is 551 g/mol. The van der Waals surface area contributed by atoms with Gasteiger partial charge in [0.05, 0.1) is 36.4 Å². The van der Waals surface area contributed by atoms with Crippen LogP contribution in [0.25, 0.3) is 16.8 Å². The molecule has 1 fully saturated rings. The van der Waals surface area contributed by atoms with Gasteiger partial charge in [-0.2, -0.15) is 0 Å². The predicted molar refractivity (Wildman–Crippen MR) is 142 cm³/mol. The summed E-state index contributed by atoms with van der Waals surface area (Å²) >= 11 is 0. The molecule has 4 heterocycles. The largest absolute Gasteiger partial charge is 0.461 e. The van der Waals surface area contributed by atoms with E-state index < -0.39 is 36.1 Å². The minimum Gasteiger partial charge on any atom is -0.461 e. The van der Waals surface area contributed by atoms with Crippen LogP contribution in [-0.2, 0) is 25.7 Å². The highest BCUT2D eigenvalue weighted by atomic mass is 19.1. The molecule has 0 bridgehead atoms. The summed E-state index contributed by atoms with van der Waals surface area (Å²) in [6.45, 7) is 4.50. The van der Waals surface area contributed by atoms with Gasteiger partial charge in [-0.25, -0.2) is 13.9 Å². The van der Waals surface area contributed by atoms with E-state index in [0.717, 1.165) is 6.42 Å². The van der Waals surface area contributed by atoms with Crippen LogP contribution in [0.4, 0.5) is 14.9 Å². The van der Waals surface area contributed by atoms with Crippen LogP contribution < -0.4 is 16.1 Å². The molecule has 1 aromatic carbocycles. The molecule has 210 valence electrons. The number of halogens is 1. The average Bonchev–Trinajstić information content (AvgIpc) is 3.73. The van der Waals surface area contributed by atoms with Gasteiger partial charge in [-0.15, -0.1) is 5.10 Å². The maximum atomic E-state index is 15.1. The zero-order valence-electron chi connectivity index (χ0n) is 22.1. The Morgan fingerprint density at radius 3 is 2.88 bits per heavy atom. The van der Waals surface area contributed by atoms with E-state index >= 15 is 4.39 Å². The minimum atomic E-state index is -0.682. The Bertz CT molecular complexity index is 1380. The van der Waals surface area contributed by atoms with E-state index in [9.17, 15) is 9.59 Å². The van der Waals surface area contributed by atoms with E-state index in [-0.39, 0.29) is 19.1 Å². The van der Waals surface area contributed by atoms with Crippen molar-refractivity contribution in [2.75, 3.05) is 18.1 Å². The summed E-state index contributed by atoms with van der Waals surface area (Å²) in [5.74, 6) is -0.952. The summed E-state index contributed by atoms with van der Waals surface area (Å²) in [6, 6.07) is 7.35. The summed E-state index contributed by atoms with van der Waals surface area (Å²) in [4.78, 5) is 35.8. The van der Waals surface area contributed by atoms with Gasteiger partial charge in [0.1, 0.15) is 30.7 Å². The Morgan fingerprint density at radius 1 is 1.32 bits per heavy atom. The third kappa shape index (κ3) is 5.95. The number of rotatable bonds is 10. The number of anilines is 1. The smallest absolute Gasteiger partial charge is 0.414 e. The lowest BCUT2D eigenvalue weighted by molar-refractivity contribution is -0.150. The van der Waals surface area contributed by atoms with Crippen LogP contribution in [0.2, 0.25) is 0 Å². The number of hydrogen-bond acceptors (Lipinski definition) is 10. The molecular weight excluding hydrogens is 521 g/mol. The first-order valence-corrected chi connectivity index (χ1v) is 13.0. The van der Waals surface area contributed by atoms with Crippen LogP contribution >= 0.6 is 0 Å². The van der Waals surface area contributed by atoms with Gasteiger partial charge in [-0.3, -0.25) is 25.0 Å². The van der Waals surface area contributed by atoms with E-state index in [0.29, 0.717) is 34.8 Å². The van der Waals surface area contributed by atoms with Crippen LogP contribution in [0.3, 0.4) is 0 Å².